The van der Waals surface area contributed by atoms with Crippen molar-refractivity contribution < 1.29 is 8.78 Å². The first kappa shape index (κ1) is 13.6. The van der Waals surface area contributed by atoms with Crippen molar-refractivity contribution in [1.29, 1.82) is 0 Å². The van der Waals surface area contributed by atoms with E-state index in [1.54, 1.807) is 0 Å². The van der Waals surface area contributed by atoms with Gasteiger partial charge in [0.15, 0.2) is 0 Å². The lowest BCUT2D eigenvalue weighted by Gasteiger charge is -2.17. The highest BCUT2D eigenvalue weighted by Crippen LogP contribution is 2.23. The van der Waals surface area contributed by atoms with Crippen molar-refractivity contribution >= 4 is 0 Å². The van der Waals surface area contributed by atoms with Crippen LogP contribution in [0.25, 0.3) is 0 Å². The van der Waals surface area contributed by atoms with Crippen molar-refractivity contribution in [2.45, 2.75) is 19.4 Å². The third-order valence-electron chi connectivity index (χ3n) is 3.11. The highest BCUT2D eigenvalue weighted by atomic mass is 19.1. The largest absolute Gasteiger partial charge is 0.271 e. The molecule has 0 saturated carbocycles. The van der Waals surface area contributed by atoms with Gasteiger partial charge in [-0.1, -0.05) is 31.2 Å². The summed E-state index contributed by atoms with van der Waals surface area (Å²) in [5.41, 5.74) is 5.12. The summed E-state index contributed by atoms with van der Waals surface area (Å²) in [6.45, 7) is 2.07. The Kier molecular flexibility index (Phi) is 4.24. The van der Waals surface area contributed by atoms with Gasteiger partial charge in [-0.15, -0.1) is 0 Å². The second-order valence-electron chi connectivity index (χ2n) is 4.40. The molecule has 0 saturated heterocycles. The van der Waals surface area contributed by atoms with Crippen LogP contribution >= 0.6 is 0 Å². The summed E-state index contributed by atoms with van der Waals surface area (Å²) in [6, 6.07) is 10.7. The number of rotatable bonds is 4. The second-order valence-corrected chi connectivity index (χ2v) is 4.40. The van der Waals surface area contributed by atoms with Crippen LogP contribution in [0, 0.1) is 11.6 Å². The molecule has 2 nitrogen and oxygen atoms in total. The molecule has 0 fully saturated rings. The second kappa shape index (κ2) is 5.91. The Bertz CT molecular complexity index is 532. The fourth-order valence-electron chi connectivity index (χ4n) is 2.07. The van der Waals surface area contributed by atoms with E-state index in [1.165, 1.54) is 17.7 Å². The first-order valence-electron chi connectivity index (χ1n) is 6.15. The van der Waals surface area contributed by atoms with Gasteiger partial charge in [0.1, 0.15) is 11.6 Å². The molecule has 0 aliphatic heterocycles. The molecule has 2 aromatic rings. The summed E-state index contributed by atoms with van der Waals surface area (Å²) in [5, 5.41) is 0. The minimum atomic E-state index is -0.611. The molecule has 4 heteroatoms. The number of nitrogens with two attached hydrogens (primary N) is 1. The van der Waals surface area contributed by atoms with Crippen LogP contribution in [0.15, 0.2) is 42.5 Å². The lowest BCUT2D eigenvalue weighted by atomic mass is 9.97. The van der Waals surface area contributed by atoms with Crippen molar-refractivity contribution in [3.05, 3.63) is 70.8 Å². The quantitative estimate of drug-likeness (QED) is 0.656. The molecule has 2 rings (SSSR count). The van der Waals surface area contributed by atoms with Gasteiger partial charge in [0.25, 0.3) is 0 Å². The highest BCUT2D eigenvalue weighted by molar-refractivity contribution is 5.34. The minimum absolute atomic E-state index is 0.434. The van der Waals surface area contributed by atoms with Gasteiger partial charge in [0.05, 0.1) is 6.04 Å². The zero-order valence-electron chi connectivity index (χ0n) is 10.7. The monoisotopic (exact) mass is 262 g/mol. The van der Waals surface area contributed by atoms with Gasteiger partial charge in [0.2, 0.25) is 0 Å². The van der Waals surface area contributed by atoms with E-state index in [0.717, 1.165) is 18.1 Å². The molecule has 0 radical (unpaired) electrons. The fourth-order valence-corrected chi connectivity index (χ4v) is 2.07. The van der Waals surface area contributed by atoms with E-state index >= 15 is 0 Å². The van der Waals surface area contributed by atoms with Crippen LogP contribution in [0.3, 0.4) is 0 Å². The molecule has 0 aliphatic carbocycles. The van der Waals surface area contributed by atoms with Crippen LogP contribution in [0.4, 0.5) is 8.78 Å². The summed E-state index contributed by atoms with van der Waals surface area (Å²) < 4.78 is 26.5. The van der Waals surface area contributed by atoms with E-state index < -0.39 is 17.7 Å². The maximum absolute atomic E-state index is 13.3. The lowest BCUT2D eigenvalue weighted by molar-refractivity contribution is 0.566. The Balaban J connectivity index is 2.37. The molecule has 0 bridgehead atoms. The first-order valence-corrected chi connectivity index (χ1v) is 6.15. The van der Waals surface area contributed by atoms with Crippen molar-refractivity contribution in [2.24, 2.45) is 5.84 Å². The molecule has 1 unspecified atom stereocenters. The number of benzene rings is 2. The third kappa shape index (κ3) is 3.16. The average molecular weight is 262 g/mol. The van der Waals surface area contributed by atoms with E-state index in [0.29, 0.717) is 5.56 Å². The number of aryl methyl sites for hydroxylation is 1. The summed E-state index contributed by atoms with van der Waals surface area (Å²) in [6.07, 6.45) is 0.940. The van der Waals surface area contributed by atoms with Gasteiger partial charge >= 0.3 is 0 Å². The molecule has 0 heterocycles. The molecule has 0 spiro atoms. The molecule has 0 aliphatic rings. The van der Waals surface area contributed by atoms with Crippen LogP contribution in [0.2, 0.25) is 0 Å². The zero-order valence-corrected chi connectivity index (χ0v) is 10.7. The Labute approximate surface area is 111 Å². The molecule has 1 atom stereocenters. The normalized spacial score (nSPS) is 12.4. The van der Waals surface area contributed by atoms with Gasteiger partial charge in [-0.3, -0.25) is 5.84 Å². The van der Waals surface area contributed by atoms with Gasteiger partial charge in [-0.25, -0.2) is 14.2 Å². The summed E-state index contributed by atoms with van der Waals surface area (Å²) >= 11 is 0. The molecule has 100 valence electrons. The average Bonchev–Trinajstić information content (AvgIpc) is 2.39. The molecule has 0 aromatic heterocycles. The van der Waals surface area contributed by atoms with E-state index in [4.69, 9.17) is 5.84 Å². The summed E-state index contributed by atoms with van der Waals surface area (Å²) in [7, 11) is 0. The van der Waals surface area contributed by atoms with E-state index in [9.17, 15) is 8.78 Å². The first-order chi connectivity index (χ1) is 9.13. The summed E-state index contributed by atoms with van der Waals surface area (Å²) in [4.78, 5) is 0. The Hall–Kier alpha value is -1.78. The fraction of sp³-hybridized carbons (Fsp3) is 0.200. The van der Waals surface area contributed by atoms with Gasteiger partial charge in [-0.2, -0.15) is 0 Å². The van der Waals surface area contributed by atoms with E-state index in [2.05, 4.69) is 12.3 Å². The van der Waals surface area contributed by atoms with Crippen LogP contribution in [0.1, 0.15) is 29.7 Å². The lowest BCUT2D eigenvalue weighted by Crippen LogP contribution is -2.29. The number of hydrazine groups is 1. The standard InChI is InChI=1S/C15H16F2N2/c1-2-10-3-5-11(6-4-10)15(19-18)12-7-13(16)9-14(17)8-12/h3-9,15,19H,2,18H2,1H3. The highest BCUT2D eigenvalue weighted by Gasteiger charge is 2.14. The zero-order chi connectivity index (χ0) is 13.8. The number of nitrogens with one attached hydrogen (secondary N) is 1. The van der Waals surface area contributed by atoms with Crippen LogP contribution in [0.5, 0.6) is 0 Å². The maximum Gasteiger partial charge on any atom is 0.126 e. The molecular formula is C15H16F2N2. The van der Waals surface area contributed by atoms with Gasteiger partial charge < -0.3 is 0 Å². The van der Waals surface area contributed by atoms with Crippen molar-refractivity contribution in [3.8, 4) is 0 Å². The topological polar surface area (TPSA) is 38.0 Å². The predicted octanol–water partition coefficient (Wildman–Crippen LogP) is 3.08. The Morgan fingerprint density at radius 1 is 1.00 bits per heavy atom. The smallest absolute Gasteiger partial charge is 0.126 e. The van der Waals surface area contributed by atoms with Crippen molar-refractivity contribution in [2.75, 3.05) is 0 Å². The molecule has 19 heavy (non-hydrogen) atoms. The maximum atomic E-state index is 13.3. The predicted molar refractivity (Wildman–Crippen MR) is 71.3 cm³/mol. The minimum Gasteiger partial charge on any atom is -0.271 e. The molecule has 2 aromatic carbocycles. The summed E-state index contributed by atoms with van der Waals surface area (Å²) in [5.74, 6) is 4.29. The van der Waals surface area contributed by atoms with Gasteiger partial charge in [0, 0.05) is 6.07 Å². The van der Waals surface area contributed by atoms with Crippen molar-refractivity contribution in [1.82, 2.24) is 5.43 Å². The number of hydrogen-bond acceptors (Lipinski definition) is 2. The third-order valence-corrected chi connectivity index (χ3v) is 3.11. The van der Waals surface area contributed by atoms with E-state index in [1.807, 2.05) is 24.3 Å². The van der Waals surface area contributed by atoms with Crippen LogP contribution in [-0.4, -0.2) is 0 Å². The van der Waals surface area contributed by atoms with Crippen LogP contribution < -0.4 is 11.3 Å². The molecule has 3 N–H and O–H groups in total. The van der Waals surface area contributed by atoms with Gasteiger partial charge in [-0.05, 0) is 35.2 Å². The molecule has 0 amide bonds. The Morgan fingerprint density at radius 2 is 1.58 bits per heavy atom. The number of halogens is 2. The molecular weight excluding hydrogens is 246 g/mol. The number of hydrogen-bond donors (Lipinski definition) is 2. The van der Waals surface area contributed by atoms with Crippen LogP contribution in [-0.2, 0) is 6.42 Å². The SMILES string of the molecule is CCc1ccc(C(NN)c2cc(F)cc(F)c2)cc1. The Morgan fingerprint density at radius 3 is 2.05 bits per heavy atom. The van der Waals surface area contributed by atoms with E-state index in [-0.39, 0.29) is 0 Å². The van der Waals surface area contributed by atoms with Crippen molar-refractivity contribution in [3.63, 3.8) is 0 Å².